The molecule has 0 aromatic heterocycles. The van der Waals surface area contributed by atoms with E-state index in [4.69, 9.17) is 0 Å². The summed E-state index contributed by atoms with van der Waals surface area (Å²) in [5.74, 6) is -0.245. The lowest BCUT2D eigenvalue weighted by Crippen LogP contribution is -2.45. The molecule has 132 valence electrons. The number of fused-ring (bicyclic) bond motifs is 1. The van der Waals surface area contributed by atoms with Gasteiger partial charge in [-0.3, -0.25) is 4.79 Å². The van der Waals surface area contributed by atoms with Crippen molar-refractivity contribution >= 4 is 15.7 Å². The van der Waals surface area contributed by atoms with E-state index in [1.54, 1.807) is 0 Å². The molecule has 2 aliphatic rings. The fraction of sp³-hybridized carbons (Fsp3) is 0.632. The summed E-state index contributed by atoms with van der Waals surface area (Å²) >= 11 is 0. The number of hydrogen-bond acceptors (Lipinski definition) is 3. The van der Waals surface area contributed by atoms with Gasteiger partial charge in [-0.1, -0.05) is 31.0 Å². The summed E-state index contributed by atoms with van der Waals surface area (Å²) < 4.78 is 23.7. The van der Waals surface area contributed by atoms with E-state index in [-0.39, 0.29) is 11.9 Å². The fourth-order valence-electron chi connectivity index (χ4n) is 3.94. The van der Waals surface area contributed by atoms with Crippen molar-refractivity contribution in [3.8, 4) is 0 Å². The van der Waals surface area contributed by atoms with Gasteiger partial charge in [0, 0.05) is 18.8 Å². The number of hydrogen-bond donors (Lipinski definition) is 0. The predicted octanol–water partition coefficient (Wildman–Crippen LogP) is 2.88. The molecule has 4 nitrogen and oxygen atoms in total. The number of nitrogens with zero attached hydrogens (tertiary/aromatic N) is 1. The zero-order chi connectivity index (χ0) is 17.3. The third-order valence-corrected chi connectivity index (χ3v) is 7.04. The van der Waals surface area contributed by atoms with E-state index in [2.05, 4.69) is 18.2 Å². The quantitative estimate of drug-likeness (QED) is 0.821. The average Bonchev–Trinajstić information content (AvgIpc) is 3.20. The Balaban J connectivity index is 1.83. The van der Waals surface area contributed by atoms with Crippen LogP contribution in [-0.2, 0) is 34.0 Å². The molecule has 1 unspecified atom stereocenters. The minimum atomic E-state index is -3.37. The summed E-state index contributed by atoms with van der Waals surface area (Å²) in [7, 11) is -3.37. The van der Waals surface area contributed by atoms with Gasteiger partial charge in [0.2, 0.25) is 5.91 Å². The maximum Gasteiger partial charge on any atom is 0.241 e. The number of benzene rings is 1. The number of amides is 1. The molecule has 1 atom stereocenters. The normalized spacial score (nSPS) is 19.2. The van der Waals surface area contributed by atoms with Crippen LogP contribution in [0.4, 0.5) is 0 Å². The van der Waals surface area contributed by atoms with Crippen molar-refractivity contribution in [3.05, 3.63) is 34.9 Å². The topological polar surface area (TPSA) is 54.5 Å². The highest BCUT2D eigenvalue weighted by Crippen LogP contribution is 2.28. The van der Waals surface area contributed by atoms with Crippen molar-refractivity contribution < 1.29 is 13.2 Å². The van der Waals surface area contributed by atoms with Crippen LogP contribution in [0.25, 0.3) is 0 Å². The van der Waals surface area contributed by atoms with Crippen molar-refractivity contribution in [2.75, 3.05) is 6.26 Å². The monoisotopic (exact) mass is 349 g/mol. The molecule has 0 N–H and O–H groups in total. The summed E-state index contributed by atoms with van der Waals surface area (Å²) in [6, 6.07) is 6.66. The van der Waals surface area contributed by atoms with E-state index in [0.29, 0.717) is 6.54 Å². The SMILES string of the molecule is CC(C(=O)N(Cc1ccc2c(c1)CCC2)C1CCCC1)S(C)(=O)=O. The van der Waals surface area contributed by atoms with Gasteiger partial charge in [-0.15, -0.1) is 0 Å². The van der Waals surface area contributed by atoms with E-state index in [0.717, 1.165) is 50.3 Å². The zero-order valence-corrected chi connectivity index (χ0v) is 15.4. The Morgan fingerprint density at radius 3 is 2.50 bits per heavy atom. The largest absolute Gasteiger partial charge is 0.334 e. The number of sulfone groups is 1. The Bertz CT molecular complexity index is 720. The Kier molecular flexibility index (Phi) is 5.00. The van der Waals surface area contributed by atoms with Crippen LogP contribution in [0.15, 0.2) is 18.2 Å². The van der Waals surface area contributed by atoms with Crippen LogP contribution in [0.1, 0.15) is 55.7 Å². The molecule has 0 heterocycles. The second-order valence-corrected chi connectivity index (χ2v) is 9.70. The first-order chi connectivity index (χ1) is 11.4. The van der Waals surface area contributed by atoms with Crippen LogP contribution in [0.5, 0.6) is 0 Å². The first-order valence-corrected chi connectivity index (χ1v) is 10.9. The molecule has 0 radical (unpaired) electrons. The number of rotatable bonds is 5. The standard InChI is InChI=1S/C19H27NO3S/c1-14(24(2,22)23)19(21)20(18-8-3-4-9-18)13-15-10-11-16-6-5-7-17(16)12-15/h10-12,14,18H,3-9,13H2,1-2H3. The van der Waals surface area contributed by atoms with Crippen molar-refractivity contribution in [3.63, 3.8) is 0 Å². The third kappa shape index (κ3) is 3.66. The second-order valence-electron chi connectivity index (χ2n) is 7.33. The summed E-state index contributed by atoms with van der Waals surface area (Å²) in [6.45, 7) is 2.04. The highest BCUT2D eigenvalue weighted by Gasteiger charge is 2.33. The van der Waals surface area contributed by atoms with E-state index in [9.17, 15) is 13.2 Å². The lowest BCUT2D eigenvalue weighted by atomic mass is 10.0. The maximum absolute atomic E-state index is 12.9. The molecule has 0 aliphatic heterocycles. The minimum Gasteiger partial charge on any atom is -0.334 e. The molecule has 1 amide bonds. The molecular formula is C19H27NO3S. The van der Waals surface area contributed by atoms with Crippen molar-refractivity contribution in [1.29, 1.82) is 0 Å². The molecule has 1 fully saturated rings. The van der Waals surface area contributed by atoms with E-state index < -0.39 is 15.1 Å². The van der Waals surface area contributed by atoms with E-state index >= 15 is 0 Å². The van der Waals surface area contributed by atoms with Gasteiger partial charge < -0.3 is 4.90 Å². The Morgan fingerprint density at radius 1 is 1.17 bits per heavy atom. The Morgan fingerprint density at radius 2 is 1.83 bits per heavy atom. The number of aryl methyl sites for hydroxylation is 2. The van der Waals surface area contributed by atoms with Crippen molar-refractivity contribution in [2.24, 2.45) is 0 Å². The van der Waals surface area contributed by atoms with Crippen LogP contribution in [-0.4, -0.2) is 36.8 Å². The van der Waals surface area contributed by atoms with Crippen LogP contribution < -0.4 is 0 Å². The van der Waals surface area contributed by atoms with Gasteiger partial charge in [0.05, 0.1) is 0 Å². The highest BCUT2D eigenvalue weighted by atomic mass is 32.2. The average molecular weight is 349 g/mol. The van der Waals surface area contributed by atoms with Gasteiger partial charge in [0.1, 0.15) is 5.25 Å². The first kappa shape index (κ1) is 17.5. The van der Waals surface area contributed by atoms with Gasteiger partial charge in [-0.05, 0) is 55.7 Å². The van der Waals surface area contributed by atoms with Gasteiger partial charge in [0.15, 0.2) is 9.84 Å². The molecule has 2 aliphatic carbocycles. The smallest absolute Gasteiger partial charge is 0.241 e. The Labute approximate surface area is 145 Å². The van der Waals surface area contributed by atoms with Crippen molar-refractivity contribution in [1.82, 2.24) is 4.90 Å². The fourth-order valence-corrected chi connectivity index (χ4v) is 4.44. The number of carbonyl (C=O) groups excluding carboxylic acids is 1. The van der Waals surface area contributed by atoms with Gasteiger partial charge in [-0.2, -0.15) is 0 Å². The molecule has 24 heavy (non-hydrogen) atoms. The van der Waals surface area contributed by atoms with Crippen LogP contribution in [0.2, 0.25) is 0 Å². The number of carbonyl (C=O) groups is 1. The van der Waals surface area contributed by atoms with E-state index in [1.807, 2.05) is 4.90 Å². The summed E-state index contributed by atoms with van der Waals surface area (Å²) in [6.07, 6.45) is 8.80. The lowest BCUT2D eigenvalue weighted by Gasteiger charge is -2.31. The molecule has 0 spiro atoms. The first-order valence-electron chi connectivity index (χ1n) is 8.96. The minimum absolute atomic E-state index is 0.176. The van der Waals surface area contributed by atoms with Crippen molar-refractivity contribution in [2.45, 2.75) is 69.7 Å². The summed E-state index contributed by atoms with van der Waals surface area (Å²) in [5, 5.41) is -0.965. The molecular weight excluding hydrogens is 322 g/mol. The molecule has 0 saturated heterocycles. The predicted molar refractivity (Wildman–Crippen MR) is 95.6 cm³/mol. The molecule has 0 bridgehead atoms. The van der Waals surface area contributed by atoms with Crippen LogP contribution in [0, 0.1) is 0 Å². The van der Waals surface area contributed by atoms with Crippen LogP contribution >= 0.6 is 0 Å². The Hall–Kier alpha value is -1.36. The highest BCUT2D eigenvalue weighted by molar-refractivity contribution is 7.92. The van der Waals surface area contributed by atoms with Crippen LogP contribution in [0.3, 0.4) is 0 Å². The second kappa shape index (κ2) is 6.87. The lowest BCUT2D eigenvalue weighted by molar-refractivity contribution is -0.133. The maximum atomic E-state index is 12.9. The summed E-state index contributed by atoms with van der Waals surface area (Å²) in [4.78, 5) is 14.7. The van der Waals surface area contributed by atoms with Gasteiger partial charge in [0.25, 0.3) is 0 Å². The molecule has 1 aromatic rings. The summed E-state index contributed by atoms with van der Waals surface area (Å²) in [5.41, 5.74) is 3.93. The van der Waals surface area contributed by atoms with Gasteiger partial charge in [-0.25, -0.2) is 8.42 Å². The molecule has 3 rings (SSSR count). The van der Waals surface area contributed by atoms with E-state index in [1.165, 1.54) is 24.5 Å². The zero-order valence-electron chi connectivity index (χ0n) is 14.6. The third-order valence-electron chi connectivity index (χ3n) is 5.55. The molecule has 1 aromatic carbocycles. The van der Waals surface area contributed by atoms with Gasteiger partial charge >= 0.3 is 0 Å². The molecule has 1 saturated carbocycles. The molecule has 5 heteroatoms.